The van der Waals surface area contributed by atoms with E-state index in [1.54, 1.807) is 0 Å². The minimum Gasteiger partial charge on any atom is -0.505 e. The molecule has 0 fully saturated rings. The quantitative estimate of drug-likeness (QED) is 0.357. The Kier molecular flexibility index (Phi) is 5.00. The first-order valence-electron chi connectivity index (χ1n) is 9.58. The summed E-state index contributed by atoms with van der Waals surface area (Å²) in [4.78, 5) is 0. The molecular formula is C25H23N3O. The number of nitrogens with one attached hydrogen (secondary N) is 1. The van der Waals surface area contributed by atoms with E-state index in [4.69, 9.17) is 0 Å². The van der Waals surface area contributed by atoms with E-state index in [1.165, 1.54) is 5.56 Å². The monoisotopic (exact) mass is 381 g/mol. The van der Waals surface area contributed by atoms with Gasteiger partial charge in [0.1, 0.15) is 5.69 Å². The van der Waals surface area contributed by atoms with Crippen molar-refractivity contribution in [3.63, 3.8) is 0 Å². The van der Waals surface area contributed by atoms with Gasteiger partial charge in [-0.05, 0) is 79.7 Å². The van der Waals surface area contributed by atoms with Gasteiger partial charge in [-0.3, -0.25) is 0 Å². The van der Waals surface area contributed by atoms with Crippen LogP contribution in [0.5, 0.6) is 5.75 Å². The molecule has 4 aromatic carbocycles. The number of nitrogens with zero attached hydrogens (tertiary/aromatic N) is 2. The lowest BCUT2D eigenvalue weighted by Crippen LogP contribution is -1.90. The highest BCUT2D eigenvalue weighted by molar-refractivity contribution is 5.96. The first-order chi connectivity index (χ1) is 14.0. The Labute approximate surface area is 170 Å². The molecule has 0 aliphatic carbocycles. The summed E-state index contributed by atoms with van der Waals surface area (Å²) < 4.78 is 0. The van der Waals surface area contributed by atoms with Gasteiger partial charge in [0.25, 0.3) is 0 Å². The fraction of sp³-hybridized carbons (Fsp3) is 0.120. The van der Waals surface area contributed by atoms with Crippen molar-refractivity contribution >= 4 is 33.5 Å². The number of phenols is 1. The number of phenolic OH excluding ortho intramolecular Hbond substituents is 1. The summed E-state index contributed by atoms with van der Waals surface area (Å²) in [5, 5.41) is 24.7. The van der Waals surface area contributed by atoms with Gasteiger partial charge in [-0.15, -0.1) is 5.11 Å². The third-order valence-corrected chi connectivity index (χ3v) is 4.95. The van der Waals surface area contributed by atoms with Gasteiger partial charge in [-0.1, -0.05) is 35.9 Å². The van der Waals surface area contributed by atoms with Crippen molar-refractivity contribution in [2.45, 2.75) is 20.8 Å². The van der Waals surface area contributed by atoms with Crippen molar-refractivity contribution in [1.82, 2.24) is 0 Å². The average molecular weight is 381 g/mol. The van der Waals surface area contributed by atoms with Gasteiger partial charge in [0.05, 0.1) is 5.69 Å². The number of hydrogen-bond acceptors (Lipinski definition) is 4. The summed E-state index contributed by atoms with van der Waals surface area (Å²) in [6, 6.07) is 24.0. The number of azo groups is 1. The van der Waals surface area contributed by atoms with Crippen LogP contribution >= 0.6 is 0 Å². The van der Waals surface area contributed by atoms with Crippen LogP contribution in [-0.4, -0.2) is 5.11 Å². The first-order valence-corrected chi connectivity index (χ1v) is 9.58. The Bertz CT molecular complexity index is 1210. The maximum Gasteiger partial charge on any atom is 0.151 e. The largest absolute Gasteiger partial charge is 0.505 e. The van der Waals surface area contributed by atoms with E-state index < -0.39 is 0 Å². The maximum atomic E-state index is 10.8. The molecule has 2 N–H and O–H groups in total. The van der Waals surface area contributed by atoms with Crippen LogP contribution in [0, 0.1) is 20.8 Å². The normalized spacial score (nSPS) is 11.3. The van der Waals surface area contributed by atoms with Crippen LogP contribution in [0.1, 0.15) is 16.7 Å². The molecule has 4 heteroatoms. The summed E-state index contributed by atoms with van der Waals surface area (Å²) in [6.07, 6.45) is 0. The predicted molar refractivity (Wildman–Crippen MR) is 120 cm³/mol. The molecule has 0 aromatic heterocycles. The summed E-state index contributed by atoms with van der Waals surface area (Å²) in [7, 11) is 0. The van der Waals surface area contributed by atoms with Crippen LogP contribution in [0.15, 0.2) is 83.0 Å². The molecule has 0 aliphatic rings. The van der Waals surface area contributed by atoms with Crippen LogP contribution in [0.4, 0.5) is 22.7 Å². The highest BCUT2D eigenvalue weighted by atomic mass is 16.3. The Hall–Kier alpha value is -3.66. The number of aryl methyl sites for hydroxylation is 3. The number of benzene rings is 4. The SMILES string of the molecule is Cc1ccc(N=Nc2c(C)cc3cc(Nc4ccccc4)ccc3c2O)c(C)c1. The molecule has 29 heavy (non-hydrogen) atoms. The van der Waals surface area contributed by atoms with Crippen LogP contribution in [-0.2, 0) is 0 Å². The highest BCUT2D eigenvalue weighted by Crippen LogP contribution is 2.40. The summed E-state index contributed by atoms with van der Waals surface area (Å²) >= 11 is 0. The Balaban J connectivity index is 1.69. The zero-order valence-corrected chi connectivity index (χ0v) is 16.8. The lowest BCUT2D eigenvalue weighted by atomic mass is 10.0. The molecule has 0 spiro atoms. The Morgan fingerprint density at radius 3 is 2.28 bits per heavy atom. The van der Waals surface area contributed by atoms with E-state index in [0.717, 1.165) is 39.0 Å². The summed E-state index contributed by atoms with van der Waals surface area (Å²) in [6.45, 7) is 6.00. The van der Waals surface area contributed by atoms with Gasteiger partial charge in [0.15, 0.2) is 5.75 Å². The number of rotatable bonds is 4. The van der Waals surface area contributed by atoms with Crippen LogP contribution in [0.2, 0.25) is 0 Å². The smallest absolute Gasteiger partial charge is 0.151 e. The Morgan fingerprint density at radius 1 is 0.724 bits per heavy atom. The Morgan fingerprint density at radius 2 is 1.52 bits per heavy atom. The topological polar surface area (TPSA) is 57.0 Å². The van der Waals surface area contributed by atoms with E-state index in [-0.39, 0.29) is 5.75 Å². The van der Waals surface area contributed by atoms with Gasteiger partial charge < -0.3 is 10.4 Å². The third kappa shape index (κ3) is 3.97. The zero-order chi connectivity index (χ0) is 20.4. The molecule has 4 rings (SSSR count). The minimum atomic E-state index is 0.153. The van der Waals surface area contributed by atoms with E-state index in [1.807, 2.05) is 87.5 Å². The molecule has 0 bridgehead atoms. The average Bonchev–Trinajstić information content (AvgIpc) is 2.70. The van der Waals surface area contributed by atoms with Crippen molar-refractivity contribution in [3.8, 4) is 5.75 Å². The van der Waals surface area contributed by atoms with Crippen molar-refractivity contribution in [1.29, 1.82) is 0 Å². The molecule has 0 atom stereocenters. The van der Waals surface area contributed by atoms with E-state index in [2.05, 4.69) is 21.6 Å². The van der Waals surface area contributed by atoms with Crippen molar-refractivity contribution < 1.29 is 5.11 Å². The molecule has 4 aromatic rings. The number of aromatic hydroxyl groups is 1. The standard InChI is InChI=1S/C25H23N3O/c1-16-9-12-23(17(2)13-16)27-28-24-18(3)14-19-15-21(10-11-22(19)25(24)29)26-20-7-5-4-6-8-20/h4-15,26,29H,1-3H3. The second-order valence-corrected chi connectivity index (χ2v) is 7.31. The fourth-order valence-corrected chi connectivity index (χ4v) is 3.43. The van der Waals surface area contributed by atoms with Crippen molar-refractivity contribution in [3.05, 3.63) is 89.5 Å². The van der Waals surface area contributed by atoms with Gasteiger partial charge in [-0.25, -0.2) is 0 Å². The predicted octanol–water partition coefficient (Wildman–Crippen LogP) is 7.63. The third-order valence-electron chi connectivity index (χ3n) is 4.95. The van der Waals surface area contributed by atoms with E-state index in [9.17, 15) is 5.11 Å². The van der Waals surface area contributed by atoms with Crippen molar-refractivity contribution in [2.75, 3.05) is 5.32 Å². The lowest BCUT2D eigenvalue weighted by molar-refractivity contribution is 0.482. The van der Waals surface area contributed by atoms with Gasteiger partial charge in [0.2, 0.25) is 0 Å². The van der Waals surface area contributed by atoms with E-state index in [0.29, 0.717) is 5.69 Å². The second-order valence-electron chi connectivity index (χ2n) is 7.31. The molecular weight excluding hydrogens is 358 g/mol. The number of anilines is 2. The molecule has 0 unspecified atom stereocenters. The van der Waals surface area contributed by atoms with Crippen LogP contribution in [0.3, 0.4) is 0 Å². The second kappa shape index (κ2) is 7.76. The van der Waals surface area contributed by atoms with E-state index >= 15 is 0 Å². The van der Waals surface area contributed by atoms with Crippen LogP contribution < -0.4 is 5.32 Å². The molecule has 0 saturated heterocycles. The van der Waals surface area contributed by atoms with Gasteiger partial charge >= 0.3 is 0 Å². The summed E-state index contributed by atoms with van der Waals surface area (Å²) in [5.41, 5.74) is 6.41. The molecule has 4 nitrogen and oxygen atoms in total. The van der Waals surface area contributed by atoms with Gasteiger partial charge in [0, 0.05) is 16.8 Å². The van der Waals surface area contributed by atoms with Crippen LogP contribution in [0.25, 0.3) is 10.8 Å². The van der Waals surface area contributed by atoms with Crippen molar-refractivity contribution in [2.24, 2.45) is 10.2 Å². The highest BCUT2D eigenvalue weighted by Gasteiger charge is 2.11. The zero-order valence-electron chi connectivity index (χ0n) is 16.8. The summed E-state index contributed by atoms with van der Waals surface area (Å²) in [5.74, 6) is 0.153. The fourth-order valence-electron chi connectivity index (χ4n) is 3.43. The van der Waals surface area contributed by atoms with Gasteiger partial charge in [-0.2, -0.15) is 5.11 Å². The number of fused-ring (bicyclic) bond motifs is 1. The first kappa shape index (κ1) is 18.7. The molecule has 0 saturated carbocycles. The minimum absolute atomic E-state index is 0.153. The number of hydrogen-bond donors (Lipinski definition) is 2. The number of para-hydroxylation sites is 1. The lowest BCUT2D eigenvalue weighted by Gasteiger charge is -2.11. The molecule has 0 radical (unpaired) electrons. The molecule has 0 heterocycles. The maximum absolute atomic E-state index is 10.8. The molecule has 144 valence electrons. The molecule has 0 aliphatic heterocycles. The molecule has 0 amide bonds.